The molecule has 1 rings (SSSR count). The SMILES string of the molecule is CC(=O)OC1CC=CC(C)(C)C1. The Morgan fingerprint density at radius 3 is 2.75 bits per heavy atom. The van der Waals surface area contributed by atoms with E-state index in [1.807, 2.05) is 0 Å². The van der Waals surface area contributed by atoms with Crippen molar-refractivity contribution in [2.24, 2.45) is 5.41 Å². The molecular formula is C10H16O2. The number of carbonyl (C=O) groups is 1. The maximum absolute atomic E-state index is 10.7. The standard InChI is InChI=1S/C10H16O2/c1-8(11)12-9-5-4-6-10(2,3)7-9/h4,6,9H,5,7H2,1-3H3. The third kappa shape index (κ3) is 2.68. The van der Waals surface area contributed by atoms with E-state index in [1.165, 1.54) is 6.92 Å². The number of ether oxygens (including phenoxy) is 1. The lowest BCUT2D eigenvalue weighted by atomic mass is 9.81. The van der Waals surface area contributed by atoms with E-state index in [1.54, 1.807) is 0 Å². The number of hydrogen-bond donors (Lipinski definition) is 0. The molecule has 1 aliphatic rings. The maximum atomic E-state index is 10.7. The van der Waals surface area contributed by atoms with Crippen LogP contribution in [-0.2, 0) is 9.53 Å². The molecule has 2 nitrogen and oxygen atoms in total. The summed E-state index contributed by atoms with van der Waals surface area (Å²) >= 11 is 0. The second-order valence-electron chi connectivity index (χ2n) is 4.06. The molecule has 0 amide bonds. The Kier molecular flexibility index (Phi) is 2.55. The molecule has 0 heterocycles. The Morgan fingerprint density at radius 1 is 1.58 bits per heavy atom. The highest BCUT2D eigenvalue weighted by atomic mass is 16.5. The van der Waals surface area contributed by atoms with Crippen LogP contribution in [0.3, 0.4) is 0 Å². The van der Waals surface area contributed by atoms with Crippen molar-refractivity contribution < 1.29 is 9.53 Å². The van der Waals surface area contributed by atoms with Gasteiger partial charge in [-0.25, -0.2) is 0 Å². The number of allylic oxidation sites excluding steroid dienone is 1. The molecule has 0 bridgehead atoms. The Hall–Kier alpha value is -0.790. The summed E-state index contributed by atoms with van der Waals surface area (Å²) in [6.07, 6.45) is 6.17. The number of rotatable bonds is 1. The highest BCUT2D eigenvalue weighted by Crippen LogP contribution is 2.31. The molecule has 0 spiro atoms. The van der Waals surface area contributed by atoms with Crippen LogP contribution in [0, 0.1) is 5.41 Å². The summed E-state index contributed by atoms with van der Waals surface area (Å²) in [6, 6.07) is 0. The Balaban J connectivity index is 2.51. The predicted octanol–water partition coefficient (Wildman–Crippen LogP) is 2.29. The van der Waals surface area contributed by atoms with Gasteiger partial charge in [-0.2, -0.15) is 0 Å². The average molecular weight is 168 g/mol. The molecule has 0 N–H and O–H groups in total. The zero-order valence-corrected chi connectivity index (χ0v) is 7.96. The van der Waals surface area contributed by atoms with Gasteiger partial charge in [-0.3, -0.25) is 4.79 Å². The van der Waals surface area contributed by atoms with Crippen LogP contribution < -0.4 is 0 Å². The molecule has 0 aromatic heterocycles. The van der Waals surface area contributed by atoms with Crippen LogP contribution in [0.5, 0.6) is 0 Å². The van der Waals surface area contributed by atoms with Crippen molar-refractivity contribution in [2.45, 2.75) is 39.7 Å². The van der Waals surface area contributed by atoms with E-state index < -0.39 is 0 Å². The summed E-state index contributed by atoms with van der Waals surface area (Å²) in [5.74, 6) is -0.175. The molecule has 0 aromatic carbocycles. The summed E-state index contributed by atoms with van der Waals surface area (Å²) in [5.41, 5.74) is 0.179. The average Bonchev–Trinajstić information content (AvgIpc) is 1.82. The number of hydrogen-bond acceptors (Lipinski definition) is 2. The van der Waals surface area contributed by atoms with E-state index in [9.17, 15) is 4.79 Å². The van der Waals surface area contributed by atoms with Gasteiger partial charge in [0.05, 0.1) is 0 Å². The summed E-state index contributed by atoms with van der Waals surface area (Å²) in [7, 11) is 0. The summed E-state index contributed by atoms with van der Waals surface area (Å²) in [5, 5.41) is 0. The molecular weight excluding hydrogens is 152 g/mol. The number of carbonyl (C=O) groups excluding carboxylic acids is 1. The van der Waals surface area contributed by atoms with Gasteiger partial charge in [0.25, 0.3) is 0 Å². The quantitative estimate of drug-likeness (QED) is 0.443. The summed E-state index contributed by atoms with van der Waals surface area (Å²) in [4.78, 5) is 10.7. The van der Waals surface area contributed by atoms with Gasteiger partial charge >= 0.3 is 5.97 Å². The molecule has 1 unspecified atom stereocenters. The van der Waals surface area contributed by atoms with Crippen molar-refractivity contribution in [3.63, 3.8) is 0 Å². The second-order valence-corrected chi connectivity index (χ2v) is 4.06. The topological polar surface area (TPSA) is 26.3 Å². The first kappa shape index (κ1) is 9.30. The van der Waals surface area contributed by atoms with Crippen LogP contribution in [0.1, 0.15) is 33.6 Å². The van der Waals surface area contributed by atoms with Crippen LogP contribution in [0.15, 0.2) is 12.2 Å². The van der Waals surface area contributed by atoms with Crippen molar-refractivity contribution in [1.29, 1.82) is 0 Å². The summed E-state index contributed by atoms with van der Waals surface area (Å²) < 4.78 is 5.14. The van der Waals surface area contributed by atoms with E-state index >= 15 is 0 Å². The van der Waals surface area contributed by atoms with Gasteiger partial charge in [0.15, 0.2) is 0 Å². The van der Waals surface area contributed by atoms with E-state index in [0.29, 0.717) is 0 Å². The lowest BCUT2D eigenvalue weighted by Gasteiger charge is -2.29. The van der Waals surface area contributed by atoms with Crippen molar-refractivity contribution in [3.8, 4) is 0 Å². The molecule has 68 valence electrons. The predicted molar refractivity (Wildman–Crippen MR) is 47.7 cm³/mol. The van der Waals surface area contributed by atoms with E-state index in [2.05, 4.69) is 26.0 Å². The van der Waals surface area contributed by atoms with Crippen LogP contribution in [0.4, 0.5) is 0 Å². The summed E-state index contributed by atoms with van der Waals surface area (Å²) in [6.45, 7) is 5.77. The molecule has 0 saturated carbocycles. The van der Waals surface area contributed by atoms with Crippen LogP contribution in [0.25, 0.3) is 0 Å². The van der Waals surface area contributed by atoms with Gasteiger partial charge in [-0.1, -0.05) is 26.0 Å². The fraction of sp³-hybridized carbons (Fsp3) is 0.700. The van der Waals surface area contributed by atoms with Crippen molar-refractivity contribution in [1.82, 2.24) is 0 Å². The fourth-order valence-electron chi connectivity index (χ4n) is 1.60. The smallest absolute Gasteiger partial charge is 0.302 e. The van der Waals surface area contributed by atoms with Crippen molar-refractivity contribution in [3.05, 3.63) is 12.2 Å². The molecule has 2 heteroatoms. The molecule has 0 aliphatic heterocycles. The van der Waals surface area contributed by atoms with Crippen LogP contribution in [0.2, 0.25) is 0 Å². The number of esters is 1. The lowest BCUT2D eigenvalue weighted by molar-refractivity contribution is -0.147. The Bertz CT molecular complexity index is 204. The fourth-order valence-corrected chi connectivity index (χ4v) is 1.60. The molecule has 1 atom stereocenters. The first-order valence-electron chi connectivity index (χ1n) is 4.34. The van der Waals surface area contributed by atoms with Gasteiger partial charge in [0, 0.05) is 13.3 Å². The lowest BCUT2D eigenvalue weighted by Crippen LogP contribution is -2.26. The normalized spacial score (nSPS) is 26.8. The Labute approximate surface area is 73.6 Å². The van der Waals surface area contributed by atoms with Crippen molar-refractivity contribution in [2.75, 3.05) is 0 Å². The molecule has 12 heavy (non-hydrogen) atoms. The zero-order valence-electron chi connectivity index (χ0n) is 7.96. The second kappa shape index (κ2) is 3.30. The first-order valence-corrected chi connectivity index (χ1v) is 4.34. The Morgan fingerprint density at radius 2 is 2.25 bits per heavy atom. The van der Waals surface area contributed by atoms with Crippen molar-refractivity contribution >= 4 is 5.97 Å². The first-order chi connectivity index (χ1) is 5.49. The van der Waals surface area contributed by atoms with Crippen LogP contribution in [-0.4, -0.2) is 12.1 Å². The monoisotopic (exact) mass is 168 g/mol. The molecule has 0 radical (unpaired) electrons. The third-order valence-electron chi connectivity index (χ3n) is 2.05. The molecule has 0 aromatic rings. The largest absolute Gasteiger partial charge is 0.462 e. The van der Waals surface area contributed by atoms with Gasteiger partial charge in [-0.05, 0) is 11.8 Å². The van der Waals surface area contributed by atoms with E-state index in [-0.39, 0.29) is 17.5 Å². The van der Waals surface area contributed by atoms with E-state index in [0.717, 1.165) is 12.8 Å². The van der Waals surface area contributed by atoms with Gasteiger partial charge in [-0.15, -0.1) is 0 Å². The highest BCUT2D eigenvalue weighted by molar-refractivity contribution is 5.66. The van der Waals surface area contributed by atoms with Gasteiger partial charge in [0.1, 0.15) is 6.10 Å². The third-order valence-corrected chi connectivity index (χ3v) is 2.05. The molecule has 0 fully saturated rings. The maximum Gasteiger partial charge on any atom is 0.302 e. The zero-order chi connectivity index (χ0) is 9.19. The molecule has 1 aliphatic carbocycles. The minimum absolute atomic E-state index is 0.0856. The highest BCUT2D eigenvalue weighted by Gasteiger charge is 2.25. The van der Waals surface area contributed by atoms with E-state index in [4.69, 9.17) is 4.74 Å². The van der Waals surface area contributed by atoms with Gasteiger partial charge in [0.2, 0.25) is 0 Å². The van der Waals surface area contributed by atoms with Gasteiger partial charge < -0.3 is 4.74 Å². The molecule has 0 saturated heterocycles. The van der Waals surface area contributed by atoms with Crippen LogP contribution >= 0.6 is 0 Å². The minimum Gasteiger partial charge on any atom is -0.462 e. The minimum atomic E-state index is -0.175.